The van der Waals surface area contributed by atoms with Gasteiger partial charge in [0.2, 0.25) is 0 Å². The maximum atomic E-state index is 6.09. The first kappa shape index (κ1) is 21.1. The second kappa shape index (κ2) is 9.75. The topological polar surface area (TPSA) is 40.2 Å². The maximum absolute atomic E-state index is 6.09. The summed E-state index contributed by atoms with van der Waals surface area (Å²) in [6, 6.07) is 20.6. The molecule has 0 saturated carbocycles. The third-order valence-corrected chi connectivity index (χ3v) is 5.67. The third-order valence-electron chi connectivity index (χ3n) is 5.67. The summed E-state index contributed by atoms with van der Waals surface area (Å²) in [4.78, 5) is 2.44. The molecule has 162 valence electrons. The lowest BCUT2D eigenvalue weighted by Crippen LogP contribution is -2.30. The number of hydrogen-bond donors (Lipinski definition) is 0. The molecule has 0 bridgehead atoms. The van der Waals surface area contributed by atoms with Crippen LogP contribution in [0.3, 0.4) is 0 Å². The molecule has 3 aromatic carbocycles. The number of benzene rings is 3. The summed E-state index contributed by atoms with van der Waals surface area (Å²) in [7, 11) is 5.02. The lowest BCUT2D eigenvalue weighted by atomic mass is 9.98. The number of fused-ring (bicyclic) bond motifs is 1. The van der Waals surface area contributed by atoms with Crippen LogP contribution in [-0.2, 0) is 26.1 Å². The Bertz CT molecular complexity index is 1020. The zero-order valence-corrected chi connectivity index (χ0v) is 18.4. The van der Waals surface area contributed by atoms with Gasteiger partial charge in [-0.1, -0.05) is 36.4 Å². The van der Waals surface area contributed by atoms with Crippen LogP contribution < -0.4 is 18.9 Å². The van der Waals surface area contributed by atoms with Crippen molar-refractivity contribution in [2.75, 3.05) is 27.9 Å². The van der Waals surface area contributed by atoms with E-state index in [-0.39, 0.29) is 0 Å². The minimum Gasteiger partial charge on any atom is -0.493 e. The Kier molecular flexibility index (Phi) is 6.63. The molecule has 0 atom stereocenters. The van der Waals surface area contributed by atoms with Gasteiger partial charge >= 0.3 is 0 Å². The average Bonchev–Trinajstić information content (AvgIpc) is 2.82. The number of nitrogens with zero attached hydrogens (tertiary/aromatic N) is 1. The molecule has 0 saturated heterocycles. The molecule has 5 nitrogen and oxygen atoms in total. The van der Waals surface area contributed by atoms with Gasteiger partial charge < -0.3 is 18.9 Å². The van der Waals surface area contributed by atoms with Gasteiger partial charge in [0.1, 0.15) is 6.61 Å². The van der Waals surface area contributed by atoms with Crippen molar-refractivity contribution in [3.63, 3.8) is 0 Å². The Morgan fingerprint density at radius 2 is 1.42 bits per heavy atom. The van der Waals surface area contributed by atoms with E-state index in [1.165, 1.54) is 16.7 Å². The van der Waals surface area contributed by atoms with E-state index in [0.717, 1.165) is 54.6 Å². The van der Waals surface area contributed by atoms with Crippen molar-refractivity contribution in [3.8, 4) is 23.0 Å². The SMILES string of the molecule is COc1ccc(CN2CCc3cc(OCc4ccccc4)c(OC)cc3C2)cc1OC. The van der Waals surface area contributed by atoms with Crippen LogP contribution in [-0.4, -0.2) is 32.8 Å². The highest BCUT2D eigenvalue weighted by Crippen LogP contribution is 2.35. The van der Waals surface area contributed by atoms with E-state index in [1.807, 2.05) is 24.3 Å². The van der Waals surface area contributed by atoms with Crippen LogP contribution in [0.4, 0.5) is 0 Å². The van der Waals surface area contributed by atoms with Crippen molar-refractivity contribution < 1.29 is 18.9 Å². The van der Waals surface area contributed by atoms with Gasteiger partial charge in [0.05, 0.1) is 21.3 Å². The lowest BCUT2D eigenvalue weighted by Gasteiger charge is -2.30. The molecule has 0 aromatic heterocycles. The molecule has 31 heavy (non-hydrogen) atoms. The van der Waals surface area contributed by atoms with Crippen LogP contribution in [0, 0.1) is 0 Å². The maximum Gasteiger partial charge on any atom is 0.161 e. The summed E-state index contributed by atoms with van der Waals surface area (Å²) in [5, 5.41) is 0. The molecule has 1 aliphatic rings. The fourth-order valence-corrected chi connectivity index (χ4v) is 4.00. The molecule has 0 aliphatic carbocycles. The van der Waals surface area contributed by atoms with Gasteiger partial charge in [-0.15, -0.1) is 0 Å². The number of rotatable bonds is 8. The molecule has 0 amide bonds. The Labute approximate surface area is 184 Å². The average molecular weight is 420 g/mol. The molecule has 4 rings (SSSR count). The number of methoxy groups -OCH3 is 3. The van der Waals surface area contributed by atoms with Crippen molar-refractivity contribution in [1.82, 2.24) is 4.90 Å². The summed E-state index contributed by atoms with van der Waals surface area (Å²) in [6.45, 7) is 3.25. The minimum atomic E-state index is 0.529. The standard InChI is InChI=1S/C26H29NO4/c1-28-23-10-9-20(13-24(23)29-2)16-27-12-11-21-14-26(25(30-3)15-22(21)17-27)31-18-19-7-5-4-6-8-19/h4-10,13-15H,11-12,16-18H2,1-3H3. The normalized spacial score (nSPS) is 13.4. The van der Waals surface area contributed by atoms with E-state index in [1.54, 1.807) is 21.3 Å². The molecular weight excluding hydrogens is 390 g/mol. The predicted molar refractivity (Wildman–Crippen MR) is 121 cm³/mol. The molecule has 0 unspecified atom stereocenters. The molecule has 5 heteroatoms. The van der Waals surface area contributed by atoms with Gasteiger partial charge in [0.25, 0.3) is 0 Å². The van der Waals surface area contributed by atoms with Crippen molar-refractivity contribution in [2.45, 2.75) is 26.1 Å². The summed E-state index contributed by atoms with van der Waals surface area (Å²) in [5.74, 6) is 3.10. The second-order valence-corrected chi connectivity index (χ2v) is 7.70. The first-order chi connectivity index (χ1) is 15.2. The van der Waals surface area contributed by atoms with E-state index in [2.05, 4.69) is 41.3 Å². The highest BCUT2D eigenvalue weighted by Gasteiger charge is 2.20. The Hall–Kier alpha value is -3.18. The molecule has 0 fully saturated rings. The quantitative estimate of drug-likeness (QED) is 0.522. The smallest absolute Gasteiger partial charge is 0.161 e. The molecule has 0 N–H and O–H groups in total. The van der Waals surface area contributed by atoms with E-state index >= 15 is 0 Å². The van der Waals surface area contributed by atoms with Crippen molar-refractivity contribution in [1.29, 1.82) is 0 Å². The van der Waals surface area contributed by atoms with E-state index in [4.69, 9.17) is 18.9 Å². The highest BCUT2D eigenvalue weighted by atomic mass is 16.5. The van der Waals surface area contributed by atoms with Crippen LogP contribution in [0.15, 0.2) is 60.7 Å². The number of hydrogen-bond acceptors (Lipinski definition) is 5. The number of ether oxygens (including phenoxy) is 4. The van der Waals surface area contributed by atoms with E-state index in [9.17, 15) is 0 Å². The molecule has 1 heterocycles. The van der Waals surface area contributed by atoms with Crippen LogP contribution in [0.2, 0.25) is 0 Å². The van der Waals surface area contributed by atoms with Crippen LogP contribution >= 0.6 is 0 Å². The van der Waals surface area contributed by atoms with Crippen LogP contribution in [0.1, 0.15) is 22.3 Å². The first-order valence-corrected chi connectivity index (χ1v) is 10.5. The van der Waals surface area contributed by atoms with E-state index < -0.39 is 0 Å². The van der Waals surface area contributed by atoms with Crippen molar-refractivity contribution in [3.05, 3.63) is 82.9 Å². The fraction of sp³-hybridized carbons (Fsp3) is 0.308. The highest BCUT2D eigenvalue weighted by molar-refractivity contribution is 5.48. The van der Waals surface area contributed by atoms with Gasteiger partial charge in [-0.3, -0.25) is 4.90 Å². The van der Waals surface area contributed by atoms with Crippen molar-refractivity contribution in [2.24, 2.45) is 0 Å². The van der Waals surface area contributed by atoms with Gasteiger partial charge in [-0.25, -0.2) is 0 Å². The molecule has 1 aliphatic heterocycles. The Balaban J connectivity index is 1.46. The van der Waals surface area contributed by atoms with E-state index in [0.29, 0.717) is 6.61 Å². The zero-order valence-electron chi connectivity index (χ0n) is 18.4. The summed E-state index contributed by atoms with van der Waals surface area (Å²) >= 11 is 0. The largest absolute Gasteiger partial charge is 0.493 e. The monoisotopic (exact) mass is 419 g/mol. The second-order valence-electron chi connectivity index (χ2n) is 7.70. The van der Waals surface area contributed by atoms with Gasteiger partial charge in [-0.2, -0.15) is 0 Å². The molecule has 0 spiro atoms. The zero-order chi connectivity index (χ0) is 21.6. The van der Waals surface area contributed by atoms with Crippen molar-refractivity contribution >= 4 is 0 Å². The van der Waals surface area contributed by atoms with Gasteiger partial charge in [0.15, 0.2) is 23.0 Å². The predicted octanol–water partition coefficient (Wildman–Crippen LogP) is 4.85. The summed E-state index contributed by atoms with van der Waals surface area (Å²) in [6.07, 6.45) is 0.980. The first-order valence-electron chi connectivity index (χ1n) is 10.5. The Morgan fingerprint density at radius 1 is 0.710 bits per heavy atom. The van der Waals surface area contributed by atoms with Gasteiger partial charge in [0, 0.05) is 19.6 Å². The summed E-state index contributed by atoms with van der Waals surface area (Å²) < 4.78 is 22.5. The minimum absolute atomic E-state index is 0.529. The van der Waals surface area contributed by atoms with Crippen LogP contribution in [0.5, 0.6) is 23.0 Å². The molecular formula is C26H29NO4. The molecule has 0 radical (unpaired) electrons. The fourth-order valence-electron chi connectivity index (χ4n) is 4.00. The Morgan fingerprint density at radius 3 is 2.16 bits per heavy atom. The lowest BCUT2D eigenvalue weighted by molar-refractivity contribution is 0.242. The van der Waals surface area contributed by atoms with Gasteiger partial charge in [-0.05, 0) is 52.9 Å². The van der Waals surface area contributed by atoms with Crippen LogP contribution in [0.25, 0.3) is 0 Å². The summed E-state index contributed by atoms with van der Waals surface area (Å²) in [5.41, 5.74) is 4.96. The molecule has 3 aromatic rings. The third kappa shape index (κ3) is 4.94.